The van der Waals surface area contributed by atoms with E-state index in [-0.39, 0.29) is 28.7 Å². The number of aromatic amines is 1. The van der Waals surface area contributed by atoms with Gasteiger partial charge in [0.15, 0.2) is 16.9 Å². The Balaban J connectivity index is 2.45. The highest BCUT2D eigenvalue weighted by atomic mass is 16.5. The Hall–Kier alpha value is -2.84. The molecule has 0 aromatic carbocycles. The SMILES string of the molecule is COC(=O)c1cnc2nc(NC(=O)C(C)(C)C)[nH]c(=O)c2n1. The molecule has 2 aromatic rings. The third-order valence-corrected chi connectivity index (χ3v) is 2.73. The van der Waals surface area contributed by atoms with Gasteiger partial charge >= 0.3 is 5.97 Å². The van der Waals surface area contributed by atoms with Gasteiger partial charge in [0.1, 0.15) is 0 Å². The van der Waals surface area contributed by atoms with E-state index >= 15 is 0 Å². The first-order valence-electron chi connectivity index (χ1n) is 6.39. The first-order valence-corrected chi connectivity index (χ1v) is 6.39. The van der Waals surface area contributed by atoms with E-state index in [1.54, 1.807) is 20.8 Å². The van der Waals surface area contributed by atoms with Crippen LogP contribution in [0.2, 0.25) is 0 Å². The molecule has 0 unspecified atom stereocenters. The average Bonchev–Trinajstić information content (AvgIpc) is 2.45. The monoisotopic (exact) mass is 305 g/mol. The maximum absolute atomic E-state index is 12.0. The van der Waals surface area contributed by atoms with Crippen molar-refractivity contribution >= 4 is 29.0 Å². The number of hydrogen-bond donors (Lipinski definition) is 2. The van der Waals surface area contributed by atoms with Crippen LogP contribution in [-0.4, -0.2) is 38.9 Å². The molecule has 2 heterocycles. The van der Waals surface area contributed by atoms with E-state index in [9.17, 15) is 14.4 Å². The Kier molecular flexibility index (Phi) is 3.89. The second-order valence-electron chi connectivity index (χ2n) is 5.54. The minimum absolute atomic E-state index is 0.0145. The van der Waals surface area contributed by atoms with E-state index in [2.05, 4.69) is 30.0 Å². The zero-order valence-corrected chi connectivity index (χ0v) is 12.6. The van der Waals surface area contributed by atoms with E-state index in [0.717, 1.165) is 6.20 Å². The molecule has 116 valence electrons. The molecule has 0 aliphatic heterocycles. The molecule has 0 aliphatic carbocycles. The molecule has 0 spiro atoms. The van der Waals surface area contributed by atoms with Gasteiger partial charge in [-0.1, -0.05) is 20.8 Å². The van der Waals surface area contributed by atoms with Crippen LogP contribution < -0.4 is 10.9 Å². The summed E-state index contributed by atoms with van der Waals surface area (Å²) >= 11 is 0. The first kappa shape index (κ1) is 15.5. The second kappa shape index (κ2) is 5.51. The number of nitrogens with one attached hydrogen (secondary N) is 2. The van der Waals surface area contributed by atoms with Crippen molar-refractivity contribution in [3.05, 3.63) is 22.2 Å². The van der Waals surface area contributed by atoms with Gasteiger partial charge in [0.25, 0.3) is 5.56 Å². The number of nitrogens with zero attached hydrogens (tertiary/aromatic N) is 3. The zero-order chi connectivity index (χ0) is 16.5. The molecule has 22 heavy (non-hydrogen) atoms. The van der Waals surface area contributed by atoms with E-state index in [1.165, 1.54) is 7.11 Å². The summed E-state index contributed by atoms with van der Waals surface area (Å²) in [5.74, 6) is -1.05. The number of hydrogen-bond acceptors (Lipinski definition) is 7. The smallest absolute Gasteiger partial charge is 0.358 e. The molecule has 0 atom stereocenters. The molecule has 0 saturated carbocycles. The maximum Gasteiger partial charge on any atom is 0.358 e. The molecule has 0 fully saturated rings. The van der Waals surface area contributed by atoms with Gasteiger partial charge in [-0.05, 0) is 0 Å². The highest BCUT2D eigenvalue weighted by Crippen LogP contribution is 2.15. The van der Waals surface area contributed by atoms with Crippen molar-refractivity contribution in [2.75, 3.05) is 12.4 Å². The molecule has 9 nitrogen and oxygen atoms in total. The number of H-pyrrole nitrogens is 1. The molecule has 2 rings (SSSR count). The number of carbonyl (C=O) groups is 2. The van der Waals surface area contributed by atoms with Crippen LogP contribution in [-0.2, 0) is 9.53 Å². The van der Waals surface area contributed by atoms with Crippen LogP contribution in [0.15, 0.2) is 11.0 Å². The van der Waals surface area contributed by atoms with Crippen LogP contribution in [0.4, 0.5) is 5.95 Å². The lowest BCUT2D eigenvalue weighted by atomic mass is 9.96. The van der Waals surface area contributed by atoms with Crippen molar-refractivity contribution in [2.45, 2.75) is 20.8 Å². The lowest BCUT2D eigenvalue weighted by Gasteiger charge is -2.16. The van der Waals surface area contributed by atoms with Crippen LogP contribution >= 0.6 is 0 Å². The van der Waals surface area contributed by atoms with Crippen LogP contribution in [0, 0.1) is 5.41 Å². The van der Waals surface area contributed by atoms with Gasteiger partial charge in [0, 0.05) is 5.41 Å². The Morgan fingerprint density at radius 3 is 2.55 bits per heavy atom. The fourth-order valence-corrected chi connectivity index (χ4v) is 1.47. The fraction of sp³-hybridized carbons (Fsp3) is 0.385. The van der Waals surface area contributed by atoms with E-state index in [0.29, 0.717) is 0 Å². The number of esters is 1. The van der Waals surface area contributed by atoms with Gasteiger partial charge < -0.3 is 4.74 Å². The minimum atomic E-state index is -0.709. The number of fused-ring (bicyclic) bond motifs is 1. The van der Waals surface area contributed by atoms with Crippen LogP contribution in [0.3, 0.4) is 0 Å². The summed E-state index contributed by atoms with van der Waals surface area (Å²) in [7, 11) is 1.20. The average molecular weight is 305 g/mol. The Bertz CT molecular complexity index is 806. The van der Waals surface area contributed by atoms with Crippen molar-refractivity contribution < 1.29 is 14.3 Å². The predicted octanol–water partition coefficient (Wildman–Crippen LogP) is 0.484. The minimum Gasteiger partial charge on any atom is -0.464 e. The van der Waals surface area contributed by atoms with Gasteiger partial charge in [-0.3, -0.25) is 19.9 Å². The largest absolute Gasteiger partial charge is 0.464 e. The summed E-state index contributed by atoms with van der Waals surface area (Å²) in [5, 5.41) is 2.50. The van der Waals surface area contributed by atoms with Crippen LogP contribution in [0.1, 0.15) is 31.3 Å². The molecular weight excluding hydrogens is 290 g/mol. The number of rotatable bonds is 2. The molecule has 0 aliphatic rings. The molecule has 0 bridgehead atoms. The highest BCUT2D eigenvalue weighted by molar-refractivity contribution is 5.93. The number of carbonyl (C=O) groups excluding carboxylic acids is 2. The first-order chi connectivity index (χ1) is 10.2. The molecule has 2 aromatic heterocycles. The molecule has 9 heteroatoms. The molecule has 0 saturated heterocycles. The Labute approximate surface area is 125 Å². The zero-order valence-electron chi connectivity index (χ0n) is 12.6. The normalized spacial score (nSPS) is 11.3. The number of anilines is 1. The van der Waals surface area contributed by atoms with Crippen molar-refractivity contribution in [2.24, 2.45) is 5.41 Å². The van der Waals surface area contributed by atoms with Crippen LogP contribution in [0.25, 0.3) is 11.2 Å². The quantitative estimate of drug-likeness (QED) is 0.772. The standard InChI is InChI=1S/C13H15N5O4/c1-13(2,3)11(21)18-12-16-8-7(9(19)17-12)15-6(5-14-8)10(20)22-4/h5H,1-4H3,(H2,14,16,17,18,19,21). The summed E-state index contributed by atoms with van der Waals surface area (Å²) in [4.78, 5) is 49.4. The van der Waals surface area contributed by atoms with Crippen molar-refractivity contribution in [3.63, 3.8) is 0 Å². The lowest BCUT2D eigenvalue weighted by Crippen LogP contribution is -2.29. The fourth-order valence-electron chi connectivity index (χ4n) is 1.47. The maximum atomic E-state index is 12.0. The van der Waals surface area contributed by atoms with Gasteiger partial charge in [-0.15, -0.1) is 0 Å². The molecule has 2 N–H and O–H groups in total. The van der Waals surface area contributed by atoms with Gasteiger partial charge in [0.2, 0.25) is 11.9 Å². The molecule has 1 amide bonds. The third-order valence-electron chi connectivity index (χ3n) is 2.73. The van der Waals surface area contributed by atoms with E-state index in [1.807, 2.05) is 0 Å². The number of aromatic nitrogens is 4. The van der Waals surface area contributed by atoms with Crippen molar-refractivity contribution in [1.82, 2.24) is 19.9 Å². The van der Waals surface area contributed by atoms with Crippen molar-refractivity contribution in [3.8, 4) is 0 Å². The Morgan fingerprint density at radius 1 is 1.27 bits per heavy atom. The van der Waals surface area contributed by atoms with E-state index in [4.69, 9.17) is 0 Å². The predicted molar refractivity (Wildman–Crippen MR) is 77.4 cm³/mol. The number of methoxy groups -OCH3 is 1. The summed E-state index contributed by atoms with van der Waals surface area (Å²) in [5.41, 5.74) is -1.47. The summed E-state index contributed by atoms with van der Waals surface area (Å²) in [6, 6.07) is 0. The Morgan fingerprint density at radius 2 is 1.95 bits per heavy atom. The summed E-state index contributed by atoms with van der Waals surface area (Å²) < 4.78 is 4.51. The van der Waals surface area contributed by atoms with Crippen molar-refractivity contribution in [1.29, 1.82) is 0 Å². The summed E-state index contributed by atoms with van der Waals surface area (Å²) in [6.07, 6.45) is 1.15. The van der Waals surface area contributed by atoms with E-state index < -0.39 is 16.9 Å². The van der Waals surface area contributed by atoms with Gasteiger partial charge in [0.05, 0.1) is 13.3 Å². The third kappa shape index (κ3) is 3.08. The topological polar surface area (TPSA) is 127 Å². The molecular formula is C13H15N5O4. The number of amides is 1. The highest BCUT2D eigenvalue weighted by Gasteiger charge is 2.22. The van der Waals surface area contributed by atoms with Gasteiger partial charge in [-0.2, -0.15) is 4.98 Å². The lowest BCUT2D eigenvalue weighted by molar-refractivity contribution is -0.123. The summed E-state index contributed by atoms with van der Waals surface area (Å²) in [6.45, 7) is 5.18. The number of ether oxygens (including phenoxy) is 1. The second-order valence-corrected chi connectivity index (χ2v) is 5.54. The van der Waals surface area contributed by atoms with Gasteiger partial charge in [-0.25, -0.2) is 14.8 Å². The van der Waals surface area contributed by atoms with Crippen LogP contribution in [0.5, 0.6) is 0 Å². The molecule has 0 radical (unpaired) electrons.